The fraction of sp³-hybridized carbons (Fsp3) is 0.333. The van der Waals surface area contributed by atoms with Crippen LogP contribution < -0.4 is 11.1 Å². The summed E-state index contributed by atoms with van der Waals surface area (Å²) >= 11 is 0. The van der Waals surface area contributed by atoms with Gasteiger partial charge in [-0.15, -0.1) is 0 Å². The van der Waals surface area contributed by atoms with E-state index in [9.17, 15) is 0 Å². The second-order valence-electron chi connectivity index (χ2n) is 5.01. The van der Waals surface area contributed by atoms with E-state index in [0.29, 0.717) is 12.2 Å². The molecule has 2 rings (SSSR count). The Morgan fingerprint density at radius 2 is 2.24 bits per heavy atom. The van der Waals surface area contributed by atoms with Crippen LogP contribution in [0.5, 0.6) is 0 Å². The molecule has 2 heterocycles. The predicted molar refractivity (Wildman–Crippen MR) is 80.2 cm³/mol. The summed E-state index contributed by atoms with van der Waals surface area (Å²) in [5.74, 6) is 1.85. The normalized spacial score (nSPS) is 13.4. The highest BCUT2D eigenvalue weighted by Crippen LogP contribution is 2.21. The first-order valence-electron chi connectivity index (χ1n) is 6.74. The Morgan fingerprint density at radius 3 is 2.86 bits per heavy atom. The molecular formula is C15H20N4O2. The van der Waals surface area contributed by atoms with E-state index in [1.165, 1.54) is 0 Å². The molecule has 0 bridgehead atoms. The van der Waals surface area contributed by atoms with Crippen LogP contribution in [0.1, 0.15) is 41.3 Å². The molecule has 0 aliphatic heterocycles. The van der Waals surface area contributed by atoms with E-state index in [2.05, 4.69) is 22.4 Å². The number of hydrogen-bond acceptors (Lipinski definition) is 5. The number of aryl methyl sites for hydroxylation is 2. The minimum atomic E-state index is 0.00574. The Balaban J connectivity index is 2.04. The molecule has 2 aromatic rings. The van der Waals surface area contributed by atoms with Crippen molar-refractivity contribution in [3.63, 3.8) is 0 Å². The van der Waals surface area contributed by atoms with E-state index in [1.54, 1.807) is 12.3 Å². The van der Waals surface area contributed by atoms with Gasteiger partial charge in [0.05, 0.1) is 0 Å². The van der Waals surface area contributed by atoms with Gasteiger partial charge in [-0.25, -0.2) is 0 Å². The van der Waals surface area contributed by atoms with Crippen molar-refractivity contribution in [2.24, 2.45) is 10.9 Å². The molecule has 0 aliphatic rings. The number of hydrogen-bond donors (Lipinski definition) is 3. The SMILES string of the molecule is Cc1cc(C(C)NCc2ccnc(C(N)=NO)c2)c(C)o1. The minimum absolute atomic E-state index is 0.00574. The lowest BCUT2D eigenvalue weighted by atomic mass is 10.1. The van der Waals surface area contributed by atoms with Crippen LogP contribution in [0.4, 0.5) is 0 Å². The fourth-order valence-electron chi connectivity index (χ4n) is 2.24. The van der Waals surface area contributed by atoms with E-state index in [4.69, 9.17) is 15.4 Å². The molecular weight excluding hydrogens is 268 g/mol. The number of amidine groups is 1. The minimum Gasteiger partial charge on any atom is -0.466 e. The fourth-order valence-corrected chi connectivity index (χ4v) is 2.24. The zero-order valence-corrected chi connectivity index (χ0v) is 12.4. The van der Waals surface area contributed by atoms with Gasteiger partial charge in [0.1, 0.15) is 17.2 Å². The lowest BCUT2D eigenvalue weighted by Crippen LogP contribution is -2.19. The van der Waals surface area contributed by atoms with Crippen molar-refractivity contribution >= 4 is 5.84 Å². The third-order valence-electron chi connectivity index (χ3n) is 3.35. The van der Waals surface area contributed by atoms with Crippen molar-refractivity contribution in [3.8, 4) is 0 Å². The molecule has 0 aliphatic carbocycles. The molecule has 0 spiro atoms. The van der Waals surface area contributed by atoms with Gasteiger partial charge in [-0.3, -0.25) is 4.98 Å². The van der Waals surface area contributed by atoms with Crippen LogP contribution >= 0.6 is 0 Å². The summed E-state index contributed by atoms with van der Waals surface area (Å²) in [5.41, 5.74) is 8.16. The Hall–Kier alpha value is -2.34. The highest BCUT2D eigenvalue weighted by molar-refractivity contribution is 5.95. The molecule has 1 atom stereocenters. The molecule has 112 valence electrons. The van der Waals surface area contributed by atoms with Crippen molar-refractivity contribution in [1.82, 2.24) is 10.3 Å². The first-order chi connectivity index (χ1) is 10.0. The van der Waals surface area contributed by atoms with Crippen LogP contribution in [0.2, 0.25) is 0 Å². The molecule has 0 saturated heterocycles. The molecule has 4 N–H and O–H groups in total. The lowest BCUT2D eigenvalue weighted by Gasteiger charge is -2.13. The number of furan rings is 1. The summed E-state index contributed by atoms with van der Waals surface area (Å²) in [6.45, 7) is 6.64. The zero-order valence-electron chi connectivity index (χ0n) is 12.4. The van der Waals surface area contributed by atoms with Gasteiger partial charge >= 0.3 is 0 Å². The highest BCUT2D eigenvalue weighted by atomic mass is 16.4. The number of nitrogens with one attached hydrogen (secondary N) is 1. The topological polar surface area (TPSA) is 96.7 Å². The van der Waals surface area contributed by atoms with Crippen molar-refractivity contribution in [1.29, 1.82) is 0 Å². The van der Waals surface area contributed by atoms with Crippen molar-refractivity contribution in [2.75, 3.05) is 0 Å². The second kappa shape index (κ2) is 6.41. The average molecular weight is 288 g/mol. The van der Waals surface area contributed by atoms with Gasteiger partial charge in [0, 0.05) is 24.3 Å². The summed E-state index contributed by atoms with van der Waals surface area (Å²) in [6.07, 6.45) is 1.64. The molecule has 0 saturated carbocycles. The highest BCUT2D eigenvalue weighted by Gasteiger charge is 2.12. The molecule has 2 aromatic heterocycles. The Labute approximate surface area is 123 Å². The molecule has 0 amide bonds. The van der Waals surface area contributed by atoms with Gasteiger partial charge in [-0.1, -0.05) is 5.16 Å². The van der Waals surface area contributed by atoms with Crippen LogP contribution in [0.15, 0.2) is 34.0 Å². The smallest absolute Gasteiger partial charge is 0.188 e. The Bertz CT molecular complexity index is 649. The summed E-state index contributed by atoms with van der Waals surface area (Å²) in [4.78, 5) is 4.05. The van der Waals surface area contributed by atoms with E-state index in [-0.39, 0.29) is 11.9 Å². The van der Waals surface area contributed by atoms with Crippen molar-refractivity contribution in [3.05, 3.63) is 52.7 Å². The summed E-state index contributed by atoms with van der Waals surface area (Å²) < 4.78 is 5.54. The molecule has 21 heavy (non-hydrogen) atoms. The van der Waals surface area contributed by atoms with Gasteiger partial charge in [-0.2, -0.15) is 0 Å². The summed E-state index contributed by atoms with van der Waals surface area (Å²) in [5, 5.41) is 15.1. The van der Waals surface area contributed by atoms with Crippen LogP contribution in [0.25, 0.3) is 0 Å². The molecule has 0 fully saturated rings. The number of oxime groups is 1. The first kappa shape index (κ1) is 15.1. The lowest BCUT2D eigenvalue weighted by molar-refractivity contribution is 0.318. The maximum absolute atomic E-state index is 8.68. The van der Waals surface area contributed by atoms with E-state index in [0.717, 1.165) is 22.6 Å². The zero-order chi connectivity index (χ0) is 15.4. The first-order valence-corrected chi connectivity index (χ1v) is 6.74. The molecule has 6 heteroatoms. The predicted octanol–water partition coefficient (Wildman–Crippen LogP) is 2.24. The molecule has 0 aromatic carbocycles. The van der Waals surface area contributed by atoms with E-state index < -0.39 is 0 Å². The molecule has 6 nitrogen and oxygen atoms in total. The second-order valence-corrected chi connectivity index (χ2v) is 5.01. The number of pyridine rings is 1. The van der Waals surface area contributed by atoms with Crippen molar-refractivity contribution in [2.45, 2.75) is 33.4 Å². The summed E-state index contributed by atoms with van der Waals surface area (Å²) in [6, 6.07) is 5.90. The third-order valence-corrected chi connectivity index (χ3v) is 3.35. The maximum Gasteiger partial charge on any atom is 0.188 e. The summed E-state index contributed by atoms with van der Waals surface area (Å²) in [7, 11) is 0. The average Bonchev–Trinajstić information content (AvgIpc) is 2.83. The third kappa shape index (κ3) is 3.61. The molecule has 0 radical (unpaired) electrons. The Kier molecular flexibility index (Phi) is 4.59. The standard InChI is InChI=1S/C15H20N4O2/c1-9-6-13(11(3)21-9)10(2)18-8-12-4-5-17-14(7-12)15(16)19-20/h4-7,10,18,20H,8H2,1-3H3,(H2,16,19). The van der Waals surface area contributed by atoms with Gasteiger partial charge in [0.15, 0.2) is 5.84 Å². The van der Waals surface area contributed by atoms with Gasteiger partial charge < -0.3 is 20.7 Å². The van der Waals surface area contributed by atoms with Crippen LogP contribution in [-0.2, 0) is 6.54 Å². The van der Waals surface area contributed by atoms with E-state index in [1.807, 2.05) is 26.0 Å². The number of nitrogens with zero attached hydrogens (tertiary/aromatic N) is 2. The quantitative estimate of drug-likeness (QED) is 0.339. The molecule has 1 unspecified atom stereocenters. The van der Waals surface area contributed by atoms with E-state index >= 15 is 0 Å². The van der Waals surface area contributed by atoms with Gasteiger partial charge in [0.2, 0.25) is 0 Å². The largest absolute Gasteiger partial charge is 0.466 e. The van der Waals surface area contributed by atoms with Gasteiger partial charge in [0.25, 0.3) is 0 Å². The van der Waals surface area contributed by atoms with Crippen LogP contribution in [0.3, 0.4) is 0 Å². The number of nitrogens with two attached hydrogens (primary N) is 1. The van der Waals surface area contributed by atoms with Crippen LogP contribution in [-0.4, -0.2) is 16.0 Å². The number of aromatic nitrogens is 1. The van der Waals surface area contributed by atoms with Gasteiger partial charge in [-0.05, 0) is 44.5 Å². The van der Waals surface area contributed by atoms with Crippen molar-refractivity contribution < 1.29 is 9.62 Å². The Morgan fingerprint density at radius 1 is 1.48 bits per heavy atom. The number of rotatable bonds is 5. The maximum atomic E-state index is 8.68. The monoisotopic (exact) mass is 288 g/mol. The van der Waals surface area contributed by atoms with Crippen LogP contribution in [0, 0.1) is 13.8 Å².